The van der Waals surface area contributed by atoms with Crippen LogP contribution in [0.4, 0.5) is 4.79 Å². The van der Waals surface area contributed by atoms with E-state index >= 15 is 4.79 Å². The van der Waals surface area contributed by atoms with E-state index in [-0.39, 0.29) is 24.9 Å². The Kier molecular flexibility index (Phi) is 18.2. The Morgan fingerprint density at radius 3 is 1.75 bits per heavy atom. The number of nitrogens with zero attached hydrogens (tertiary/aromatic N) is 2. The number of amides is 3. The molecule has 10 heteroatoms. The number of hydrogen-bond donors (Lipinski definition) is 1. The largest absolute Gasteiger partial charge is 0.448 e. The molecule has 9 nitrogen and oxygen atoms in total. The lowest BCUT2D eigenvalue weighted by Gasteiger charge is -2.37. The molecule has 1 heterocycles. The summed E-state index contributed by atoms with van der Waals surface area (Å²) in [5.74, 6) is -1.46. The minimum absolute atomic E-state index is 0.0662. The van der Waals surface area contributed by atoms with Crippen molar-refractivity contribution in [3.8, 4) is 11.1 Å². The molecule has 6 aromatic carbocycles. The van der Waals surface area contributed by atoms with E-state index in [1.54, 1.807) is 18.0 Å². The van der Waals surface area contributed by atoms with Crippen molar-refractivity contribution in [2.45, 2.75) is 132 Å². The SMILES string of the molecule is CN(C(=O)OCC1c2ccccc2-c2ccccc21)[C@@H](Cc1ccccc1)C(=O)N[C@@H](CC(=O)OC(c1ccccc1)(c1ccc(C2CCCCCCCCCCCC2)cc1)c1ccccc1Cl)C(=O)N1CCCC1. The number of ether oxygens (including phenoxy) is 2. The van der Waals surface area contributed by atoms with Crippen LogP contribution in [0.1, 0.15) is 147 Å². The first-order chi connectivity index (χ1) is 36.7. The second-order valence-electron chi connectivity index (χ2n) is 20.9. The molecule has 0 spiro atoms. The number of hydrogen-bond acceptors (Lipinski definition) is 6. The summed E-state index contributed by atoms with van der Waals surface area (Å²) >= 11 is 7.16. The Balaban J connectivity index is 1.00. The number of esters is 1. The van der Waals surface area contributed by atoms with Crippen LogP contribution in [-0.4, -0.2) is 72.5 Å². The molecule has 3 aliphatic rings. The summed E-state index contributed by atoms with van der Waals surface area (Å²) in [6.07, 6.45) is 15.6. The molecule has 2 fully saturated rings. The van der Waals surface area contributed by atoms with Gasteiger partial charge in [0.2, 0.25) is 11.8 Å². The zero-order valence-electron chi connectivity index (χ0n) is 43.5. The molecule has 2 aliphatic carbocycles. The van der Waals surface area contributed by atoms with E-state index < -0.39 is 42.1 Å². The van der Waals surface area contributed by atoms with E-state index in [0.29, 0.717) is 40.7 Å². The molecular formula is C65H72ClN3O6. The van der Waals surface area contributed by atoms with Crippen LogP contribution in [-0.2, 0) is 35.9 Å². The summed E-state index contributed by atoms with van der Waals surface area (Å²) in [5, 5.41) is 3.40. The number of rotatable bonds is 15. The highest BCUT2D eigenvalue weighted by atomic mass is 35.5. The van der Waals surface area contributed by atoms with E-state index in [2.05, 4.69) is 53.8 Å². The maximum atomic E-state index is 15.1. The van der Waals surface area contributed by atoms with Crippen molar-refractivity contribution in [1.29, 1.82) is 0 Å². The van der Waals surface area contributed by atoms with Gasteiger partial charge in [-0.3, -0.25) is 19.3 Å². The van der Waals surface area contributed by atoms with Crippen molar-refractivity contribution in [2.75, 3.05) is 26.7 Å². The normalized spacial score (nSPS) is 17.1. The average Bonchev–Trinajstić information content (AvgIpc) is 4.11. The number of carbonyl (C=O) groups is 4. The highest BCUT2D eigenvalue weighted by Crippen LogP contribution is 2.46. The zero-order valence-corrected chi connectivity index (χ0v) is 44.2. The molecule has 1 aliphatic heterocycles. The summed E-state index contributed by atoms with van der Waals surface area (Å²) in [6.45, 7) is 1.05. The maximum Gasteiger partial charge on any atom is 0.410 e. The highest BCUT2D eigenvalue weighted by Gasteiger charge is 2.44. The number of fused-ring (bicyclic) bond motifs is 3. The molecule has 0 bridgehead atoms. The van der Waals surface area contributed by atoms with Gasteiger partial charge in [-0.25, -0.2) is 4.79 Å². The van der Waals surface area contributed by atoms with Gasteiger partial charge in [0, 0.05) is 54.2 Å². The van der Waals surface area contributed by atoms with Crippen molar-refractivity contribution in [2.24, 2.45) is 0 Å². The van der Waals surface area contributed by atoms with E-state index in [1.165, 1.54) is 74.7 Å². The lowest BCUT2D eigenvalue weighted by atomic mass is 9.78. The molecular weight excluding hydrogens is 954 g/mol. The van der Waals surface area contributed by atoms with Crippen molar-refractivity contribution >= 4 is 35.5 Å². The van der Waals surface area contributed by atoms with Gasteiger partial charge in [-0.05, 0) is 71.0 Å². The molecule has 390 valence electrons. The number of likely N-dealkylation sites (tertiary alicyclic amines) is 1. The van der Waals surface area contributed by atoms with Gasteiger partial charge in [0.05, 0.1) is 6.42 Å². The third-order valence-electron chi connectivity index (χ3n) is 15.9. The van der Waals surface area contributed by atoms with Crippen molar-refractivity contribution < 1.29 is 28.7 Å². The van der Waals surface area contributed by atoms with Gasteiger partial charge < -0.3 is 19.7 Å². The number of nitrogens with one attached hydrogen (secondary N) is 1. The third kappa shape index (κ3) is 12.7. The Morgan fingerprint density at radius 1 is 0.627 bits per heavy atom. The molecule has 75 heavy (non-hydrogen) atoms. The molecule has 3 atom stereocenters. The fraction of sp³-hybridized carbons (Fsp3) is 0.385. The van der Waals surface area contributed by atoms with Gasteiger partial charge in [0.25, 0.3) is 0 Å². The number of likely N-dealkylation sites (N-methyl/N-ethyl adjacent to an activating group) is 1. The van der Waals surface area contributed by atoms with E-state index in [0.717, 1.165) is 53.5 Å². The molecule has 1 unspecified atom stereocenters. The monoisotopic (exact) mass is 1030 g/mol. The van der Waals surface area contributed by atoms with E-state index in [4.69, 9.17) is 21.1 Å². The molecule has 3 amide bonds. The molecule has 1 saturated carbocycles. The van der Waals surface area contributed by atoms with Gasteiger partial charge >= 0.3 is 12.1 Å². The summed E-state index contributed by atoms with van der Waals surface area (Å²) in [7, 11) is 1.55. The third-order valence-corrected chi connectivity index (χ3v) is 16.2. The summed E-state index contributed by atoms with van der Waals surface area (Å²) in [6, 6.07) is 48.8. The highest BCUT2D eigenvalue weighted by molar-refractivity contribution is 6.31. The van der Waals surface area contributed by atoms with Crippen LogP contribution in [0.5, 0.6) is 0 Å². The van der Waals surface area contributed by atoms with Crippen molar-refractivity contribution in [3.05, 3.63) is 202 Å². The van der Waals surface area contributed by atoms with E-state index in [9.17, 15) is 14.4 Å². The van der Waals surface area contributed by atoms with Crippen molar-refractivity contribution in [1.82, 2.24) is 15.1 Å². The van der Waals surface area contributed by atoms with Crippen LogP contribution in [0.2, 0.25) is 5.02 Å². The first kappa shape index (κ1) is 53.1. The fourth-order valence-corrected chi connectivity index (χ4v) is 12.1. The second-order valence-corrected chi connectivity index (χ2v) is 21.3. The first-order valence-electron chi connectivity index (χ1n) is 27.5. The quantitative estimate of drug-likeness (QED) is 0.0811. The van der Waals surface area contributed by atoms with Crippen LogP contribution in [0.3, 0.4) is 0 Å². The smallest absolute Gasteiger partial charge is 0.410 e. The minimum atomic E-state index is -1.54. The maximum absolute atomic E-state index is 15.1. The molecule has 6 aromatic rings. The van der Waals surface area contributed by atoms with E-state index in [1.807, 2.05) is 103 Å². The molecule has 0 radical (unpaired) electrons. The number of halogens is 1. The molecule has 9 rings (SSSR count). The van der Waals surface area contributed by atoms with Crippen molar-refractivity contribution in [3.63, 3.8) is 0 Å². The van der Waals surface area contributed by atoms with Crippen LogP contribution < -0.4 is 5.32 Å². The Labute approximate surface area is 449 Å². The Bertz CT molecular complexity index is 2790. The van der Waals surface area contributed by atoms with Gasteiger partial charge in [-0.1, -0.05) is 227 Å². The van der Waals surface area contributed by atoms with Crippen LogP contribution in [0, 0.1) is 0 Å². The Hall–Kier alpha value is -6.71. The standard InChI is InChI=1S/C65H72ClN3O6/c1-68(64(73)74-46-56-54-34-20-18-32-52(54)53-33-19-21-35-55(53)56)60(44-47-26-12-10-13-27-47)62(71)67-59(63(72)69-42-24-25-43-69)45-61(70)75-65(50-30-16-11-17-31-50,57-36-22-23-37-58(57)66)51-40-38-49(39-41-51)48-28-14-8-6-4-2-3-5-7-9-15-29-48/h10-13,16-23,26-27,30-41,48,56,59-60H,2-9,14-15,24-25,28-29,42-46H2,1H3,(H,67,71)/t59-,60-,65?/m0/s1. The lowest BCUT2D eigenvalue weighted by molar-refractivity contribution is -0.156. The second kappa shape index (κ2) is 25.7. The summed E-state index contributed by atoms with van der Waals surface area (Å²) in [4.78, 5) is 62.0. The average molecular weight is 1030 g/mol. The number of carbonyl (C=O) groups excluding carboxylic acids is 4. The first-order valence-corrected chi connectivity index (χ1v) is 27.9. The lowest BCUT2D eigenvalue weighted by Crippen LogP contribution is -2.56. The fourth-order valence-electron chi connectivity index (χ4n) is 11.8. The zero-order chi connectivity index (χ0) is 52.0. The van der Waals surface area contributed by atoms with Crippen LogP contribution in [0.25, 0.3) is 11.1 Å². The van der Waals surface area contributed by atoms with Gasteiger partial charge in [-0.15, -0.1) is 0 Å². The summed E-state index contributed by atoms with van der Waals surface area (Å²) in [5.41, 5.74) is 6.85. The minimum Gasteiger partial charge on any atom is -0.448 e. The molecule has 1 saturated heterocycles. The van der Waals surface area contributed by atoms with Gasteiger partial charge in [0.1, 0.15) is 18.7 Å². The summed E-state index contributed by atoms with van der Waals surface area (Å²) < 4.78 is 13.0. The van der Waals surface area contributed by atoms with Gasteiger partial charge in [0.15, 0.2) is 5.60 Å². The van der Waals surface area contributed by atoms with Crippen LogP contribution >= 0.6 is 11.6 Å². The number of benzene rings is 6. The Morgan fingerprint density at radius 2 is 1.15 bits per heavy atom. The van der Waals surface area contributed by atoms with Gasteiger partial charge in [-0.2, -0.15) is 0 Å². The van der Waals surface area contributed by atoms with Crippen LogP contribution in [0.15, 0.2) is 158 Å². The molecule has 1 N–H and O–H groups in total. The predicted molar refractivity (Wildman–Crippen MR) is 298 cm³/mol. The predicted octanol–water partition coefficient (Wildman–Crippen LogP) is 13.9. The molecule has 0 aromatic heterocycles. The topological polar surface area (TPSA) is 105 Å².